The van der Waals surface area contributed by atoms with Crippen molar-refractivity contribution < 1.29 is 24.5 Å². The maximum Gasteiger partial charge on any atom is 0.306 e. The van der Waals surface area contributed by atoms with Crippen molar-refractivity contribution in [1.29, 1.82) is 0 Å². The molecule has 0 bridgehead atoms. The van der Waals surface area contributed by atoms with E-state index >= 15 is 0 Å². The third-order valence-electron chi connectivity index (χ3n) is 7.02. The third-order valence-corrected chi connectivity index (χ3v) is 7.02. The molecule has 2 fully saturated rings. The smallest absolute Gasteiger partial charge is 0.306 e. The van der Waals surface area contributed by atoms with Crippen molar-refractivity contribution in [3.63, 3.8) is 0 Å². The van der Waals surface area contributed by atoms with Gasteiger partial charge in [-0.2, -0.15) is 0 Å². The normalized spacial score (nSPS) is 33.4. The Labute approximate surface area is 182 Å². The van der Waals surface area contributed by atoms with Crippen LogP contribution in [0, 0.1) is 29.6 Å². The summed E-state index contributed by atoms with van der Waals surface area (Å²) in [7, 11) is 0. The molecule has 0 spiro atoms. The molecule has 0 aromatic rings. The first-order valence-corrected chi connectivity index (χ1v) is 12.0. The molecule has 0 aromatic heterocycles. The van der Waals surface area contributed by atoms with Crippen LogP contribution in [0.15, 0.2) is 12.2 Å². The van der Waals surface area contributed by atoms with E-state index in [9.17, 15) is 19.8 Å². The van der Waals surface area contributed by atoms with Gasteiger partial charge in [-0.05, 0) is 37.0 Å². The molecule has 2 aliphatic rings. The average Bonchev–Trinajstić information content (AvgIpc) is 2.92. The maximum absolute atomic E-state index is 12.7. The minimum Gasteiger partial charge on any atom is -0.462 e. The second kappa shape index (κ2) is 12.0. The van der Waals surface area contributed by atoms with E-state index in [0.29, 0.717) is 24.2 Å². The molecule has 5 nitrogen and oxygen atoms in total. The van der Waals surface area contributed by atoms with Crippen LogP contribution in [-0.2, 0) is 14.3 Å². The summed E-state index contributed by atoms with van der Waals surface area (Å²) in [6.45, 7) is 8.65. The van der Waals surface area contributed by atoms with Crippen LogP contribution in [0.2, 0.25) is 0 Å². The summed E-state index contributed by atoms with van der Waals surface area (Å²) < 4.78 is 5.87. The summed E-state index contributed by atoms with van der Waals surface area (Å²) in [5.74, 6) is -0.0695. The van der Waals surface area contributed by atoms with Gasteiger partial charge in [0.1, 0.15) is 11.9 Å². The number of carbonyl (C=O) groups is 2. The highest BCUT2D eigenvalue weighted by atomic mass is 16.5. The highest BCUT2D eigenvalue weighted by molar-refractivity contribution is 5.88. The Bertz CT molecular complexity index is 584. The first-order valence-electron chi connectivity index (χ1n) is 12.0. The Kier molecular flexibility index (Phi) is 10.0. The summed E-state index contributed by atoms with van der Waals surface area (Å²) in [4.78, 5) is 25.2. The van der Waals surface area contributed by atoms with Crippen LogP contribution in [0.4, 0.5) is 0 Å². The average molecular weight is 423 g/mol. The topological polar surface area (TPSA) is 83.8 Å². The van der Waals surface area contributed by atoms with Crippen molar-refractivity contribution in [1.82, 2.24) is 0 Å². The SMILES string of the molecule is CCCCC[C@H](O)C=C[C@H]1[C@H](O)CC(=O)[C@@H]1CC(=O)OC1CC(C)CCC1C(C)C. The zero-order chi connectivity index (χ0) is 22.3. The molecular weight excluding hydrogens is 380 g/mol. The maximum atomic E-state index is 12.7. The number of ether oxygens (including phenoxy) is 1. The molecular formula is C25H42O5. The molecule has 2 rings (SSSR count). The summed E-state index contributed by atoms with van der Waals surface area (Å²) >= 11 is 0. The second-order valence-electron chi connectivity index (χ2n) is 9.93. The van der Waals surface area contributed by atoms with Gasteiger partial charge in [0.25, 0.3) is 0 Å². The summed E-state index contributed by atoms with van der Waals surface area (Å²) in [5, 5.41) is 20.5. The van der Waals surface area contributed by atoms with Gasteiger partial charge in [0, 0.05) is 18.3 Å². The lowest BCUT2D eigenvalue weighted by atomic mass is 9.75. The predicted octanol–water partition coefficient (Wildman–Crippen LogP) is 4.44. The summed E-state index contributed by atoms with van der Waals surface area (Å²) in [5.41, 5.74) is 0. The van der Waals surface area contributed by atoms with E-state index in [1.54, 1.807) is 12.2 Å². The Balaban J connectivity index is 1.96. The van der Waals surface area contributed by atoms with E-state index in [0.717, 1.165) is 38.5 Å². The molecule has 0 saturated heterocycles. The van der Waals surface area contributed by atoms with Gasteiger partial charge in [0.05, 0.1) is 18.6 Å². The number of Topliss-reactive ketones (excluding diaryl/α,β-unsaturated/α-hetero) is 1. The van der Waals surface area contributed by atoms with Gasteiger partial charge in [-0.3, -0.25) is 9.59 Å². The predicted molar refractivity (Wildman–Crippen MR) is 118 cm³/mol. The summed E-state index contributed by atoms with van der Waals surface area (Å²) in [6, 6.07) is 0. The molecule has 2 saturated carbocycles. The second-order valence-corrected chi connectivity index (χ2v) is 9.93. The van der Waals surface area contributed by atoms with E-state index < -0.39 is 24.0 Å². The van der Waals surface area contributed by atoms with Gasteiger partial charge in [-0.25, -0.2) is 0 Å². The number of unbranched alkanes of at least 4 members (excludes halogenated alkanes) is 2. The van der Waals surface area contributed by atoms with Gasteiger partial charge in [0.2, 0.25) is 0 Å². The molecule has 2 aliphatic carbocycles. The lowest BCUT2D eigenvalue weighted by Crippen LogP contribution is -2.36. The fourth-order valence-corrected chi connectivity index (χ4v) is 5.09. The first-order chi connectivity index (χ1) is 14.2. The largest absolute Gasteiger partial charge is 0.462 e. The molecule has 7 atom stereocenters. The number of hydrogen-bond donors (Lipinski definition) is 2. The Morgan fingerprint density at radius 3 is 2.67 bits per heavy atom. The number of esters is 1. The molecule has 2 N–H and O–H groups in total. The number of ketones is 1. The van der Waals surface area contributed by atoms with Crippen LogP contribution in [0.3, 0.4) is 0 Å². The van der Waals surface area contributed by atoms with Crippen molar-refractivity contribution in [2.24, 2.45) is 29.6 Å². The molecule has 172 valence electrons. The van der Waals surface area contributed by atoms with Crippen LogP contribution in [0.5, 0.6) is 0 Å². The van der Waals surface area contributed by atoms with Crippen LogP contribution in [0.1, 0.15) is 85.5 Å². The number of rotatable bonds is 10. The summed E-state index contributed by atoms with van der Waals surface area (Å²) in [6.07, 6.45) is 8.91. The number of aliphatic hydroxyl groups excluding tert-OH is 2. The Morgan fingerprint density at radius 1 is 1.27 bits per heavy atom. The highest BCUT2D eigenvalue weighted by Gasteiger charge is 2.42. The van der Waals surface area contributed by atoms with Gasteiger partial charge >= 0.3 is 5.97 Å². The van der Waals surface area contributed by atoms with Gasteiger partial charge in [-0.15, -0.1) is 0 Å². The van der Waals surface area contributed by atoms with Crippen LogP contribution in [-0.4, -0.2) is 40.3 Å². The molecule has 0 amide bonds. The van der Waals surface area contributed by atoms with E-state index in [1.165, 1.54) is 0 Å². The quantitative estimate of drug-likeness (QED) is 0.309. The molecule has 3 unspecified atom stereocenters. The first kappa shape index (κ1) is 25.1. The monoisotopic (exact) mass is 422 g/mol. The standard InChI is InChI=1S/C25H42O5/c1-5-6-7-8-18(26)10-12-20-21(23(28)15-22(20)27)14-25(29)30-24-13-17(4)9-11-19(24)16(2)3/h10,12,16-22,24,26-27H,5-9,11,13-15H2,1-4H3/t17?,18-,19?,20+,21+,22+,24?/m0/s1. The Morgan fingerprint density at radius 2 is 2.00 bits per heavy atom. The van der Waals surface area contributed by atoms with Gasteiger partial charge in [0.15, 0.2) is 0 Å². The van der Waals surface area contributed by atoms with E-state index in [2.05, 4.69) is 27.7 Å². The minimum atomic E-state index is -0.799. The van der Waals surface area contributed by atoms with Crippen molar-refractivity contribution in [3.05, 3.63) is 12.2 Å². The zero-order valence-electron chi connectivity index (χ0n) is 19.3. The Hall–Kier alpha value is -1.20. The van der Waals surface area contributed by atoms with E-state index in [1.807, 2.05) is 0 Å². The number of aliphatic hydroxyl groups is 2. The van der Waals surface area contributed by atoms with Crippen molar-refractivity contribution >= 4 is 11.8 Å². The van der Waals surface area contributed by atoms with Gasteiger partial charge < -0.3 is 14.9 Å². The third kappa shape index (κ3) is 7.19. The van der Waals surface area contributed by atoms with E-state index in [4.69, 9.17) is 4.74 Å². The lowest BCUT2D eigenvalue weighted by Gasteiger charge is -2.36. The molecule has 0 heterocycles. The van der Waals surface area contributed by atoms with Crippen molar-refractivity contribution in [2.45, 2.75) is 104 Å². The van der Waals surface area contributed by atoms with Crippen LogP contribution in [0.25, 0.3) is 0 Å². The van der Waals surface area contributed by atoms with Crippen LogP contribution < -0.4 is 0 Å². The van der Waals surface area contributed by atoms with E-state index in [-0.39, 0.29) is 30.7 Å². The fraction of sp³-hybridized carbons (Fsp3) is 0.840. The molecule has 5 heteroatoms. The fourth-order valence-electron chi connectivity index (χ4n) is 5.09. The molecule has 0 radical (unpaired) electrons. The molecule has 30 heavy (non-hydrogen) atoms. The lowest BCUT2D eigenvalue weighted by molar-refractivity contribution is -0.158. The molecule has 0 aromatic carbocycles. The minimum absolute atomic E-state index is 0.00647. The number of hydrogen-bond acceptors (Lipinski definition) is 5. The van der Waals surface area contributed by atoms with Crippen molar-refractivity contribution in [3.8, 4) is 0 Å². The number of carbonyl (C=O) groups excluding carboxylic acids is 2. The van der Waals surface area contributed by atoms with Gasteiger partial charge in [-0.1, -0.05) is 65.5 Å². The van der Waals surface area contributed by atoms with Crippen LogP contribution >= 0.6 is 0 Å². The molecule has 0 aliphatic heterocycles. The highest BCUT2D eigenvalue weighted by Crippen LogP contribution is 2.37. The zero-order valence-corrected chi connectivity index (χ0v) is 19.3. The van der Waals surface area contributed by atoms with Crippen molar-refractivity contribution in [2.75, 3.05) is 0 Å².